The molecule has 0 saturated carbocycles. The van der Waals surface area contributed by atoms with Gasteiger partial charge in [0.2, 0.25) is 5.95 Å². The van der Waals surface area contributed by atoms with Crippen LogP contribution in [-0.4, -0.2) is 30.2 Å². The number of hydrogen-bond acceptors (Lipinski definition) is 4. The molecule has 0 amide bonds. The first-order chi connectivity index (χ1) is 10.1. The second-order valence-corrected chi connectivity index (χ2v) is 4.23. The number of ether oxygens (including phenoxy) is 1. The summed E-state index contributed by atoms with van der Waals surface area (Å²) < 4.78 is 43.6. The fourth-order valence-electron chi connectivity index (χ4n) is 1.69. The van der Waals surface area contributed by atoms with E-state index in [0.717, 1.165) is 0 Å². The molecule has 0 spiro atoms. The van der Waals surface area contributed by atoms with Gasteiger partial charge < -0.3 is 10.1 Å². The van der Waals surface area contributed by atoms with Crippen LogP contribution >= 0.6 is 0 Å². The zero-order valence-corrected chi connectivity index (χ0v) is 11.3. The molecule has 0 aliphatic rings. The molecule has 112 valence electrons. The minimum absolute atomic E-state index is 0.0872. The average Bonchev–Trinajstić information content (AvgIpc) is 2.48. The van der Waals surface area contributed by atoms with Crippen LogP contribution in [0, 0.1) is 5.82 Å². The van der Waals surface area contributed by atoms with Gasteiger partial charge in [-0.15, -0.1) is 0 Å². The quantitative estimate of drug-likeness (QED) is 0.831. The van der Waals surface area contributed by atoms with Crippen LogP contribution in [0.25, 0.3) is 11.3 Å². The van der Waals surface area contributed by atoms with Crippen molar-refractivity contribution < 1.29 is 17.9 Å². The molecule has 1 N–H and O–H groups in total. The lowest BCUT2D eigenvalue weighted by Crippen LogP contribution is -2.11. The van der Waals surface area contributed by atoms with Crippen molar-refractivity contribution in [1.82, 2.24) is 9.97 Å². The number of halogens is 3. The molecular formula is C14H14F3N3O. The van der Waals surface area contributed by atoms with Crippen molar-refractivity contribution in [3.05, 3.63) is 41.8 Å². The minimum atomic E-state index is -2.71. The van der Waals surface area contributed by atoms with E-state index in [1.807, 2.05) is 0 Å². The summed E-state index contributed by atoms with van der Waals surface area (Å²) in [6.07, 6.45) is -2.71. The number of aromatic nitrogens is 2. The van der Waals surface area contributed by atoms with Gasteiger partial charge in [0, 0.05) is 19.2 Å². The van der Waals surface area contributed by atoms with Gasteiger partial charge >= 0.3 is 0 Å². The Morgan fingerprint density at radius 3 is 2.52 bits per heavy atom. The molecule has 0 aliphatic carbocycles. The predicted molar refractivity (Wildman–Crippen MR) is 72.7 cm³/mol. The maximum absolute atomic E-state index is 12.9. The zero-order chi connectivity index (χ0) is 15.2. The van der Waals surface area contributed by atoms with E-state index in [-0.39, 0.29) is 11.6 Å². The van der Waals surface area contributed by atoms with Crippen LogP contribution in [0.3, 0.4) is 0 Å². The number of benzene rings is 1. The summed E-state index contributed by atoms with van der Waals surface area (Å²) in [5.41, 5.74) is 0.458. The molecule has 0 saturated heterocycles. The molecule has 4 nitrogen and oxygen atoms in total. The van der Waals surface area contributed by atoms with Gasteiger partial charge in [0.15, 0.2) is 0 Å². The minimum Gasteiger partial charge on any atom is -0.383 e. The Morgan fingerprint density at radius 2 is 1.90 bits per heavy atom. The van der Waals surface area contributed by atoms with E-state index in [9.17, 15) is 13.2 Å². The lowest BCUT2D eigenvalue weighted by molar-refractivity contribution is 0.146. The van der Waals surface area contributed by atoms with E-state index in [2.05, 4.69) is 15.3 Å². The molecule has 7 heteroatoms. The highest BCUT2D eigenvalue weighted by Gasteiger charge is 2.14. The number of rotatable bonds is 6. The Labute approximate surface area is 120 Å². The molecule has 1 heterocycles. The van der Waals surface area contributed by atoms with Crippen molar-refractivity contribution in [2.45, 2.75) is 6.43 Å². The number of nitrogens with zero attached hydrogens (tertiary/aromatic N) is 2. The third kappa shape index (κ3) is 4.16. The first kappa shape index (κ1) is 15.2. The monoisotopic (exact) mass is 297 g/mol. The Morgan fingerprint density at radius 1 is 1.19 bits per heavy atom. The topological polar surface area (TPSA) is 47.0 Å². The third-order valence-corrected chi connectivity index (χ3v) is 2.70. The van der Waals surface area contributed by atoms with Gasteiger partial charge in [0.05, 0.1) is 12.3 Å². The van der Waals surface area contributed by atoms with Gasteiger partial charge in [-0.25, -0.2) is 23.1 Å². The summed E-state index contributed by atoms with van der Waals surface area (Å²) in [7, 11) is 1.53. The molecule has 2 aromatic rings. The Balaban J connectivity index is 2.32. The Hall–Kier alpha value is -2.15. The van der Waals surface area contributed by atoms with Gasteiger partial charge in [0.25, 0.3) is 6.43 Å². The number of hydrogen-bond donors (Lipinski definition) is 1. The summed E-state index contributed by atoms with van der Waals surface area (Å²) in [5.74, 6) is -0.315. The van der Waals surface area contributed by atoms with E-state index in [0.29, 0.717) is 24.4 Å². The highest BCUT2D eigenvalue weighted by atomic mass is 19.3. The first-order valence-corrected chi connectivity index (χ1v) is 6.26. The van der Waals surface area contributed by atoms with Gasteiger partial charge in [-0.1, -0.05) is 0 Å². The van der Waals surface area contributed by atoms with Crippen molar-refractivity contribution in [2.75, 3.05) is 25.6 Å². The van der Waals surface area contributed by atoms with Crippen LogP contribution in [0.5, 0.6) is 0 Å². The second kappa shape index (κ2) is 7.03. The predicted octanol–water partition coefficient (Wildman–Crippen LogP) is 3.28. The van der Waals surface area contributed by atoms with Crippen LogP contribution in [0.15, 0.2) is 30.3 Å². The smallest absolute Gasteiger partial charge is 0.280 e. The van der Waals surface area contributed by atoms with Crippen LogP contribution in [0.1, 0.15) is 12.1 Å². The van der Waals surface area contributed by atoms with E-state index >= 15 is 0 Å². The first-order valence-electron chi connectivity index (χ1n) is 6.26. The molecule has 0 aliphatic heterocycles. The molecule has 0 unspecified atom stereocenters. The zero-order valence-electron chi connectivity index (χ0n) is 11.3. The molecule has 1 aromatic carbocycles. The summed E-state index contributed by atoms with van der Waals surface area (Å²) >= 11 is 0. The Bertz CT molecular complexity index is 591. The van der Waals surface area contributed by atoms with E-state index in [1.54, 1.807) is 0 Å². The number of anilines is 1. The molecule has 0 radical (unpaired) electrons. The van der Waals surface area contributed by atoms with E-state index in [1.165, 1.54) is 37.4 Å². The average molecular weight is 297 g/mol. The fourth-order valence-corrected chi connectivity index (χ4v) is 1.69. The lowest BCUT2D eigenvalue weighted by atomic mass is 10.1. The van der Waals surface area contributed by atoms with Gasteiger partial charge in [-0.05, 0) is 30.3 Å². The second-order valence-electron chi connectivity index (χ2n) is 4.23. The van der Waals surface area contributed by atoms with Crippen LogP contribution < -0.4 is 5.32 Å². The lowest BCUT2D eigenvalue weighted by Gasteiger charge is -2.09. The number of nitrogens with one attached hydrogen (secondary N) is 1. The van der Waals surface area contributed by atoms with E-state index < -0.39 is 12.2 Å². The molecule has 0 fully saturated rings. The maximum atomic E-state index is 12.9. The summed E-state index contributed by atoms with van der Waals surface area (Å²) in [5, 5.41) is 2.81. The van der Waals surface area contributed by atoms with Crippen LogP contribution in [-0.2, 0) is 4.74 Å². The van der Waals surface area contributed by atoms with Crippen molar-refractivity contribution in [1.29, 1.82) is 0 Å². The van der Waals surface area contributed by atoms with Crippen LogP contribution in [0.2, 0.25) is 0 Å². The maximum Gasteiger partial charge on any atom is 0.280 e. The molecule has 21 heavy (non-hydrogen) atoms. The summed E-state index contributed by atoms with van der Waals surface area (Å²) in [4.78, 5) is 7.90. The van der Waals surface area contributed by atoms with Crippen molar-refractivity contribution in [3.8, 4) is 11.3 Å². The number of methoxy groups -OCH3 is 1. The third-order valence-electron chi connectivity index (χ3n) is 2.70. The van der Waals surface area contributed by atoms with Crippen molar-refractivity contribution >= 4 is 5.95 Å². The Kier molecular flexibility index (Phi) is 5.10. The van der Waals surface area contributed by atoms with Gasteiger partial charge in [-0.3, -0.25) is 0 Å². The summed E-state index contributed by atoms with van der Waals surface area (Å²) in [6, 6.07) is 6.64. The van der Waals surface area contributed by atoms with Crippen molar-refractivity contribution in [3.63, 3.8) is 0 Å². The summed E-state index contributed by atoms with van der Waals surface area (Å²) in [6.45, 7) is 0.792. The standard InChI is InChI=1S/C14H14F3N3O/c1-21-7-6-18-14-19-11(8-12(20-14)13(16)17)9-2-4-10(15)5-3-9/h2-5,8,13H,6-7H2,1H3,(H,18,19,20). The largest absolute Gasteiger partial charge is 0.383 e. The molecule has 0 bridgehead atoms. The van der Waals surface area contributed by atoms with Crippen LogP contribution in [0.4, 0.5) is 19.1 Å². The highest BCUT2D eigenvalue weighted by molar-refractivity contribution is 5.60. The molecule has 1 aromatic heterocycles. The molecule has 2 rings (SSSR count). The van der Waals surface area contributed by atoms with Crippen molar-refractivity contribution in [2.24, 2.45) is 0 Å². The highest BCUT2D eigenvalue weighted by Crippen LogP contribution is 2.24. The normalized spacial score (nSPS) is 10.9. The van der Waals surface area contributed by atoms with Gasteiger partial charge in [0.1, 0.15) is 11.5 Å². The fraction of sp³-hybridized carbons (Fsp3) is 0.286. The van der Waals surface area contributed by atoms with E-state index in [4.69, 9.17) is 4.74 Å². The SMILES string of the molecule is COCCNc1nc(-c2ccc(F)cc2)cc(C(F)F)n1. The molecule has 0 atom stereocenters. The van der Waals surface area contributed by atoms with Gasteiger partial charge in [-0.2, -0.15) is 0 Å². The molecular weight excluding hydrogens is 283 g/mol. The number of alkyl halides is 2.